The van der Waals surface area contributed by atoms with E-state index in [-0.39, 0.29) is 96.0 Å². The number of rotatable bonds is 16. The number of aryl methyl sites for hydroxylation is 1. The Labute approximate surface area is 447 Å². The fourth-order valence-corrected chi connectivity index (χ4v) is 17.7. The van der Waals surface area contributed by atoms with Crippen molar-refractivity contribution in [1.29, 1.82) is 0 Å². The van der Waals surface area contributed by atoms with Crippen LogP contribution in [0.5, 0.6) is 11.5 Å². The molecule has 1 saturated heterocycles. The number of aromatic hydroxyl groups is 1. The minimum absolute atomic E-state index is 0.0173. The summed E-state index contributed by atoms with van der Waals surface area (Å²) < 4.78 is 24.5. The van der Waals surface area contributed by atoms with Crippen LogP contribution in [0.1, 0.15) is 113 Å². The predicted octanol–water partition coefficient (Wildman–Crippen LogP) is 6.46. The second-order valence-corrected chi connectivity index (χ2v) is 24.7. The molecule has 14 heteroatoms. The van der Waals surface area contributed by atoms with Gasteiger partial charge in [-0.3, -0.25) is 4.79 Å². The molecule has 14 nitrogen and oxygen atoms in total. The molecule has 0 radical (unpaired) electrons. The summed E-state index contributed by atoms with van der Waals surface area (Å²) >= 11 is 0. The van der Waals surface area contributed by atoms with Crippen molar-refractivity contribution in [2.24, 2.45) is 70.0 Å². The average molecular weight is 1050 g/mol. The highest BCUT2D eigenvalue weighted by Crippen LogP contribution is 2.78. The van der Waals surface area contributed by atoms with Gasteiger partial charge in [-0.2, -0.15) is 0 Å². The molecule has 76 heavy (non-hydrogen) atoms. The number of hydrogen-bond acceptors (Lipinski definition) is 14. The molecule has 9 aliphatic carbocycles. The number of carbonyl (C=O) groups is 2. The Hall–Kier alpha value is -4.38. The summed E-state index contributed by atoms with van der Waals surface area (Å²) in [6.45, 7) is 6.32. The van der Waals surface area contributed by atoms with Crippen molar-refractivity contribution in [3.63, 3.8) is 0 Å². The number of allylic oxidation sites excluding steroid dienone is 3. The molecule has 21 unspecified atom stereocenters. The first-order chi connectivity index (χ1) is 36.5. The molecule has 412 valence electrons. The van der Waals surface area contributed by atoms with Crippen molar-refractivity contribution < 1.29 is 64.3 Å². The fraction of sp³-hybridized carbons (Fsp3) is 0.645. The smallest absolute Gasteiger partial charge is 0.334 e. The summed E-state index contributed by atoms with van der Waals surface area (Å²) in [5.41, 5.74) is 3.05. The number of phenolic OH excluding ortho intramolecular Hbond substituents is 1. The Balaban J connectivity index is 0.918. The zero-order chi connectivity index (χ0) is 53.4. The molecule has 0 amide bonds. The Morgan fingerprint density at radius 3 is 2.51 bits per heavy atom. The number of hydrogen-bond donors (Lipinski definition) is 8. The summed E-state index contributed by atoms with van der Waals surface area (Å²) in [7, 11) is 1.42. The third-order valence-electron chi connectivity index (χ3n) is 20.9. The number of aliphatic hydroxyl groups is 6. The molecule has 8 bridgehead atoms. The molecule has 0 aromatic heterocycles. The number of nitrogens with one attached hydrogen (secondary N) is 1. The minimum Gasteiger partial charge on any atom is -0.504 e. The van der Waals surface area contributed by atoms with Gasteiger partial charge in [0.1, 0.15) is 12.2 Å². The van der Waals surface area contributed by atoms with E-state index in [2.05, 4.69) is 43.5 Å². The van der Waals surface area contributed by atoms with Gasteiger partial charge in [-0.25, -0.2) is 4.79 Å². The molecule has 2 heterocycles. The lowest BCUT2D eigenvalue weighted by Gasteiger charge is -2.75. The van der Waals surface area contributed by atoms with Crippen molar-refractivity contribution in [1.82, 2.24) is 5.32 Å². The van der Waals surface area contributed by atoms with Gasteiger partial charge in [0.05, 0.1) is 25.4 Å². The van der Waals surface area contributed by atoms with Gasteiger partial charge in [0.2, 0.25) is 5.79 Å². The fourth-order valence-electron chi connectivity index (χ4n) is 17.7. The molecule has 2 aromatic rings. The van der Waals surface area contributed by atoms with Gasteiger partial charge in [-0.15, -0.1) is 0 Å². The molecular weight excluding hydrogens is 967 g/mol. The average Bonchev–Trinajstić information content (AvgIpc) is 3.55. The monoisotopic (exact) mass is 1050 g/mol. The summed E-state index contributed by atoms with van der Waals surface area (Å²) in [5, 5.41) is 82.1. The highest BCUT2D eigenvalue weighted by Gasteiger charge is 2.73. The van der Waals surface area contributed by atoms with Gasteiger partial charge < -0.3 is 60.0 Å². The largest absolute Gasteiger partial charge is 0.504 e. The van der Waals surface area contributed by atoms with Gasteiger partial charge in [-0.05, 0) is 164 Å². The van der Waals surface area contributed by atoms with Crippen molar-refractivity contribution in [2.45, 2.75) is 152 Å². The zero-order valence-corrected chi connectivity index (χ0v) is 44.6. The van der Waals surface area contributed by atoms with E-state index in [0.29, 0.717) is 60.8 Å². The van der Waals surface area contributed by atoms with E-state index < -0.39 is 60.4 Å². The van der Waals surface area contributed by atoms with Gasteiger partial charge in [0.25, 0.3) is 0 Å². The van der Waals surface area contributed by atoms with Crippen LogP contribution in [0, 0.1) is 70.0 Å². The molecule has 2 aliphatic heterocycles. The predicted molar refractivity (Wildman–Crippen MR) is 283 cm³/mol. The molecule has 4 saturated carbocycles. The Kier molecular flexibility index (Phi) is 14.8. The molecule has 11 aliphatic rings. The third kappa shape index (κ3) is 8.93. The van der Waals surface area contributed by atoms with Crippen LogP contribution >= 0.6 is 0 Å². The van der Waals surface area contributed by atoms with Crippen LogP contribution in [0.25, 0.3) is 6.08 Å². The maximum atomic E-state index is 15.2. The van der Waals surface area contributed by atoms with Crippen LogP contribution in [0.3, 0.4) is 0 Å². The van der Waals surface area contributed by atoms with E-state index in [4.69, 9.17) is 18.9 Å². The quantitative estimate of drug-likeness (QED) is 0.0514. The molecule has 2 aromatic carbocycles. The SMILES string of the molecule is COc1cc(C=C(CC2c3cc(CCO)ccc3CCC2CO)C(=O)OC2C(OC(=O)CCC3C4C=CC56CC7CCCC(C)C7C7C=CC35C(CCC6C4C)C7O)C(O)C3OC2(O)C=CC3NCC(C)O)ccc1O. The molecule has 13 rings (SSSR count). The van der Waals surface area contributed by atoms with Crippen LogP contribution in [-0.4, -0.2) is 123 Å². The first kappa shape index (κ1) is 53.6. The number of benzene rings is 2. The topological polar surface area (TPSA) is 225 Å². The molecule has 8 N–H and O–H groups in total. The number of ether oxygens (including phenoxy) is 4. The van der Waals surface area contributed by atoms with Crippen molar-refractivity contribution in [3.8, 4) is 11.5 Å². The lowest BCUT2D eigenvalue weighted by atomic mass is 9.29. The lowest BCUT2D eigenvalue weighted by molar-refractivity contribution is -0.333. The normalized spacial score (nSPS) is 41.8. The number of esters is 2. The van der Waals surface area contributed by atoms with Crippen LogP contribution in [0.2, 0.25) is 0 Å². The van der Waals surface area contributed by atoms with E-state index in [0.717, 1.165) is 36.0 Å². The van der Waals surface area contributed by atoms with Crippen molar-refractivity contribution in [2.75, 3.05) is 26.9 Å². The molecule has 21 atom stereocenters. The van der Waals surface area contributed by atoms with Gasteiger partial charge in [0.15, 0.2) is 23.7 Å². The van der Waals surface area contributed by atoms with Gasteiger partial charge >= 0.3 is 11.9 Å². The van der Waals surface area contributed by atoms with Crippen LogP contribution in [-0.2, 0) is 36.6 Å². The standard InChI is InChI=1S/C62H81NO13/c1-33-6-5-7-39-30-60-22-18-42-35(3)46(60)13-14-48-54(69)43(53(33)39)19-23-61(48,60)47(42)15-17-52(68)74-57-55(70)56-49(63-31-34(2)66)20-24-62(72,76-56)58(57)75-59(71)41(26-37-9-16-50(67)51(28-37)73-4)29-45-40(32-65)12-11-38-10-8-36(21-25-64)27-44(38)45/h8-10,16,18-20,22-24,26-28,33-35,39-40,42-43,45-49,53-58,63-67,69-70,72H,5-7,11-15,17,21,25,29-32H2,1-4H3. The summed E-state index contributed by atoms with van der Waals surface area (Å²) in [6, 6.07) is 9.96. The maximum Gasteiger partial charge on any atom is 0.334 e. The van der Waals surface area contributed by atoms with E-state index in [9.17, 15) is 40.5 Å². The first-order valence-corrected chi connectivity index (χ1v) is 28.6. The Morgan fingerprint density at radius 2 is 1.74 bits per heavy atom. The molecule has 2 spiro atoms. The van der Waals surface area contributed by atoms with Crippen LogP contribution in [0.15, 0.2) is 78.4 Å². The van der Waals surface area contributed by atoms with Crippen molar-refractivity contribution >= 4 is 18.0 Å². The number of carbonyl (C=O) groups excluding carboxylic acids is 2. The van der Waals surface area contributed by atoms with Gasteiger partial charge in [0, 0.05) is 48.5 Å². The van der Waals surface area contributed by atoms with Crippen LogP contribution in [0.4, 0.5) is 0 Å². The highest BCUT2D eigenvalue weighted by atomic mass is 16.7. The van der Waals surface area contributed by atoms with E-state index in [1.807, 2.05) is 18.2 Å². The van der Waals surface area contributed by atoms with E-state index in [1.165, 1.54) is 38.5 Å². The summed E-state index contributed by atoms with van der Waals surface area (Å²) in [4.78, 5) is 30.0. The van der Waals surface area contributed by atoms with Gasteiger partial charge in [-0.1, -0.05) is 87.8 Å². The maximum absolute atomic E-state index is 15.2. The van der Waals surface area contributed by atoms with E-state index in [1.54, 1.807) is 31.2 Å². The molecular formula is C62H81NO13. The summed E-state index contributed by atoms with van der Waals surface area (Å²) in [6.07, 6.45) is 16.1. The first-order valence-electron chi connectivity index (χ1n) is 28.6. The van der Waals surface area contributed by atoms with E-state index >= 15 is 4.79 Å². The Bertz CT molecular complexity index is 2630. The highest BCUT2D eigenvalue weighted by molar-refractivity contribution is 5.94. The number of aliphatic hydroxyl groups excluding tert-OH is 5. The zero-order valence-electron chi connectivity index (χ0n) is 44.6. The Morgan fingerprint density at radius 1 is 0.934 bits per heavy atom. The number of phenols is 1. The number of fused-ring (bicyclic) bond motifs is 3. The minimum atomic E-state index is -2.37. The third-order valence-corrected chi connectivity index (χ3v) is 20.9. The lowest BCUT2D eigenvalue weighted by Crippen LogP contribution is -2.71. The van der Waals surface area contributed by atoms with Crippen LogP contribution < -0.4 is 10.1 Å². The second-order valence-electron chi connectivity index (χ2n) is 24.7. The number of methoxy groups -OCH3 is 1. The molecule has 5 fully saturated rings. The van der Waals surface area contributed by atoms with Crippen molar-refractivity contribution in [3.05, 3.63) is 101 Å². The summed E-state index contributed by atoms with van der Waals surface area (Å²) in [5.74, 6) is -1.69. The second kappa shape index (κ2) is 21.0.